The van der Waals surface area contributed by atoms with Gasteiger partial charge in [-0.15, -0.1) is 0 Å². The summed E-state index contributed by atoms with van der Waals surface area (Å²) in [6, 6.07) is 5.35. The number of carbonyl (C=O) groups is 7. The SMILES string of the molecule is Nc1nc2ncc(CNc3ccc(C(=O)NCCCC[C@H](NC(=O)CNC(=O)CN4CCN(CC(=O)O)CCN(CC(=O)O)CCN(CC(=O)O)CC4)C(=O)O)cc3)nc2c(=O)[nH]1. The molecule has 0 spiro atoms. The van der Waals surface area contributed by atoms with Crippen LogP contribution >= 0.6 is 0 Å². The summed E-state index contributed by atoms with van der Waals surface area (Å²) in [5, 5.41) is 48.6. The Morgan fingerprint density at radius 2 is 1.25 bits per heavy atom. The second-order valence-corrected chi connectivity index (χ2v) is 14.7. The minimum absolute atomic E-state index is 0.0489. The van der Waals surface area contributed by atoms with Crippen LogP contribution in [0.5, 0.6) is 0 Å². The summed E-state index contributed by atoms with van der Waals surface area (Å²) in [4.78, 5) is 118. The lowest BCUT2D eigenvalue weighted by molar-refractivity contribution is -0.142. The van der Waals surface area contributed by atoms with Gasteiger partial charge in [0, 0.05) is 70.2 Å². The lowest BCUT2D eigenvalue weighted by atomic mass is 10.1. The van der Waals surface area contributed by atoms with Crippen LogP contribution in [0.2, 0.25) is 0 Å². The fraction of sp³-hybridized carbons (Fsp3) is 0.500. The number of fused-ring (bicyclic) bond motifs is 1. The molecule has 3 heterocycles. The molecule has 3 amide bonds. The first-order valence-electron chi connectivity index (χ1n) is 20.0. The van der Waals surface area contributed by atoms with Gasteiger partial charge in [0.05, 0.1) is 51.2 Å². The minimum atomic E-state index is -1.28. The second kappa shape index (κ2) is 24.6. The smallest absolute Gasteiger partial charge is 0.326 e. The first-order chi connectivity index (χ1) is 30.0. The average molecular weight is 884 g/mol. The predicted molar refractivity (Wildman–Crippen MR) is 224 cm³/mol. The molecule has 0 bridgehead atoms. The number of carboxylic acid groups (broad SMARTS) is 4. The van der Waals surface area contributed by atoms with Crippen LogP contribution in [0.1, 0.15) is 35.3 Å². The molecule has 1 fully saturated rings. The molecule has 1 saturated heterocycles. The Hall–Kier alpha value is -6.83. The van der Waals surface area contributed by atoms with Gasteiger partial charge in [-0.1, -0.05) is 0 Å². The molecular weight excluding hydrogens is 830 g/mol. The van der Waals surface area contributed by atoms with Gasteiger partial charge in [0.1, 0.15) is 6.04 Å². The summed E-state index contributed by atoms with van der Waals surface area (Å²) >= 11 is 0. The minimum Gasteiger partial charge on any atom is -0.480 e. The molecule has 0 aliphatic carbocycles. The van der Waals surface area contributed by atoms with Crippen LogP contribution in [0, 0.1) is 0 Å². The monoisotopic (exact) mass is 883 g/mol. The Morgan fingerprint density at radius 3 is 1.78 bits per heavy atom. The van der Waals surface area contributed by atoms with Crippen molar-refractivity contribution in [2.45, 2.75) is 31.8 Å². The standard InChI is InChI=1S/C38H53N13O12/c39-38-46-34-33(36(61)47-38)44-26(18-43-34)17-41-25-6-4-24(5-7-25)35(60)40-8-2-1-3-27(37(62)63)45-28(52)19-42-29(53)20-48-9-11-49(21-30(54)55)13-15-51(23-32(58)59)16-14-50(12-10-48)22-31(56)57/h4-7,18,27,41H,1-3,8-17,19-23H2,(H,40,60)(H,42,53)(H,45,52)(H,54,55)(H,56,57)(H,58,59)(H,62,63)(H3,39,43,46,47,61)/t27-/m0/s1. The van der Waals surface area contributed by atoms with E-state index in [9.17, 15) is 58.8 Å². The highest BCUT2D eigenvalue weighted by Crippen LogP contribution is 2.12. The molecule has 0 radical (unpaired) electrons. The number of carbonyl (C=O) groups excluding carboxylic acids is 3. The van der Waals surface area contributed by atoms with Gasteiger partial charge in [-0.05, 0) is 43.5 Å². The maximum Gasteiger partial charge on any atom is 0.326 e. The van der Waals surface area contributed by atoms with Gasteiger partial charge in [0.15, 0.2) is 11.2 Å². The number of rotatable bonds is 21. The highest BCUT2D eigenvalue weighted by molar-refractivity contribution is 5.94. The van der Waals surface area contributed by atoms with Gasteiger partial charge in [-0.3, -0.25) is 58.1 Å². The fourth-order valence-corrected chi connectivity index (χ4v) is 6.49. The van der Waals surface area contributed by atoms with Gasteiger partial charge >= 0.3 is 23.9 Å². The number of unbranched alkanes of at least 4 members (excludes halogenated alkanes) is 1. The molecule has 2 aromatic heterocycles. The summed E-state index contributed by atoms with van der Waals surface area (Å²) in [6.07, 6.45) is 2.26. The number of nitrogens with one attached hydrogen (secondary N) is 5. The van der Waals surface area contributed by atoms with Crippen molar-refractivity contribution < 1.29 is 54.0 Å². The summed E-state index contributed by atoms with van der Waals surface area (Å²) in [7, 11) is 0. The molecule has 0 unspecified atom stereocenters. The molecule has 4 rings (SSSR count). The lowest BCUT2D eigenvalue weighted by Gasteiger charge is -2.32. The van der Waals surface area contributed by atoms with Gasteiger partial charge in [0.25, 0.3) is 11.5 Å². The first-order valence-corrected chi connectivity index (χ1v) is 20.0. The van der Waals surface area contributed by atoms with E-state index >= 15 is 0 Å². The summed E-state index contributed by atoms with van der Waals surface area (Å²) < 4.78 is 0. The summed E-state index contributed by atoms with van der Waals surface area (Å²) in [5.74, 6) is -6.27. The van der Waals surface area contributed by atoms with E-state index in [-0.39, 0.29) is 121 Å². The van der Waals surface area contributed by atoms with Crippen molar-refractivity contribution in [2.75, 3.05) is 103 Å². The quantitative estimate of drug-likeness (QED) is 0.0476. The van der Waals surface area contributed by atoms with Crippen molar-refractivity contribution in [1.29, 1.82) is 0 Å². The normalized spacial score (nSPS) is 15.3. The second-order valence-electron chi connectivity index (χ2n) is 14.7. The number of hydrogen-bond donors (Lipinski definition) is 10. The Labute approximate surface area is 360 Å². The van der Waals surface area contributed by atoms with Crippen LogP contribution in [0.3, 0.4) is 0 Å². The molecule has 1 atom stereocenters. The number of benzene rings is 1. The van der Waals surface area contributed by atoms with Crippen molar-refractivity contribution in [2.24, 2.45) is 0 Å². The van der Waals surface area contributed by atoms with E-state index < -0.39 is 53.8 Å². The zero-order chi connectivity index (χ0) is 45.9. The zero-order valence-corrected chi connectivity index (χ0v) is 34.5. The Morgan fingerprint density at radius 1 is 0.714 bits per heavy atom. The highest BCUT2D eigenvalue weighted by Gasteiger charge is 2.23. The highest BCUT2D eigenvalue weighted by atomic mass is 16.4. The maximum absolute atomic E-state index is 12.9. The number of aliphatic carboxylic acids is 4. The molecule has 25 nitrogen and oxygen atoms in total. The van der Waals surface area contributed by atoms with Crippen molar-refractivity contribution in [3.63, 3.8) is 0 Å². The van der Waals surface area contributed by atoms with Crippen molar-refractivity contribution in [3.8, 4) is 0 Å². The number of aromatic amines is 1. The third-order valence-electron chi connectivity index (χ3n) is 9.77. The van der Waals surface area contributed by atoms with E-state index in [1.165, 1.54) is 6.20 Å². The van der Waals surface area contributed by atoms with Crippen LogP contribution in [0.4, 0.5) is 11.6 Å². The number of amides is 3. The molecule has 25 heteroatoms. The first kappa shape index (κ1) is 48.8. The van der Waals surface area contributed by atoms with E-state index in [0.29, 0.717) is 29.8 Å². The largest absolute Gasteiger partial charge is 0.480 e. The van der Waals surface area contributed by atoms with E-state index in [1.54, 1.807) is 43.9 Å². The van der Waals surface area contributed by atoms with Gasteiger partial charge in [-0.25, -0.2) is 14.8 Å². The van der Waals surface area contributed by atoms with Crippen LogP contribution < -0.4 is 32.6 Å². The van der Waals surface area contributed by atoms with E-state index in [0.717, 1.165) is 0 Å². The topological polar surface area (TPSA) is 359 Å². The Bertz CT molecular complexity index is 2110. The van der Waals surface area contributed by atoms with E-state index in [2.05, 4.69) is 41.2 Å². The number of aromatic nitrogens is 4. The van der Waals surface area contributed by atoms with Crippen molar-refractivity contribution in [1.82, 2.24) is 55.5 Å². The Balaban J connectivity index is 1.18. The number of hydrogen-bond acceptors (Lipinski definition) is 17. The third kappa shape index (κ3) is 17.6. The van der Waals surface area contributed by atoms with Crippen LogP contribution in [0.25, 0.3) is 11.2 Å². The lowest BCUT2D eigenvalue weighted by Crippen LogP contribution is -2.50. The van der Waals surface area contributed by atoms with Crippen LogP contribution in [-0.4, -0.2) is 199 Å². The zero-order valence-electron chi connectivity index (χ0n) is 34.5. The maximum atomic E-state index is 12.9. The molecule has 342 valence electrons. The molecule has 1 aliphatic rings. The predicted octanol–water partition coefficient (Wildman–Crippen LogP) is -3.03. The van der Waals surface area contributed by atoms with E-state index in [4.69, 9.17) is 5.73 Å². The van der Waals surface area contributed by atoms with Crippen LogP contribution in [-0.2, 0) is 35.3 Å². The average Bonchev–Trinajstić information content (AvgIpc) is 3.22. The molecule has 0 saturated carbocycles. The Kier molecular flexibility index (Phi) is 19.0. The number of nitrogens with two attached hydrogens (primary N) is 1. The number of nitrogen functional groups attached to an aromatic ring is 1. The number of nitrogens with zero attached hydrogens (tertiary/aromatic N) is 7. The molecule has 11 N–H and O–H groups in total. The van der Waals surface area contributed by atoms with Crippen LogP contribution in [0.15, 0.2) is 35.3 Å². The summed E-state index contributed by atoms with van der Waals surface area (Å²) in [5.41, 5.74) is 6.75. The van der Waals surface area contributed by atoms with Gasteiger partial charge in [0.2, 0.25) is 17.8 Å². The number of H-pyrrole nitrogens is 1. The number of anilines is 2. The third-order valence-corrected chi connectivity index (χ3v) is 9.77. The molecule has 3 aromatic rings. The summed E-state index contributed by atoms with van der Waals surface area (Å²) in [6.45, 7) is 0.400. The molecule has 63 heavy (non-hydrogen) atoms. The van der Waals surface area contributed by atoms with Crippen molar-refractivity contribution in [3.05, 3.63) is 52.1 Å². The molecule has 1 aliphatic heterocycles. The fourth-order valence-electron chi connectivity index (χ4n) is 6.49. The number of carboxylic acids is 4. The molecule has 1 aromatic carbocycles. The van der Waals surface area contributed by atoms with Gasteiger partial charge in [-0.2, -0.15) is 4.98 Å². The molecular formula is C38H53N13O12. The van der Waals surface area contributed by atoms with Gasteiger partial charge < -0.3 is 47.4 Å². The van der Waals surface area contributed by atoms with Crippen molar-refractivity contribution >= 4 is 64.4 Å². The van der Waals surface area contributed by atoms with E-state index in [1.807, 2.05) is 0 Å².